The molecule has 3 rings (SSSR count). The summed E-state index contributed by atoms with van der Waals surface area (Å²) in [5, 5.41) is 4.20. The average Bonchev–Trinajstić information content (AvgIpc) is 2.88. The first-order valence-electron chi connectivity index (χ1n) is 12.7. The molecular formula is C28H36Cl2N2O4. The number of hydrogen-bond acceptors (Lipinski definition) is 4. The smallest absolute Gasteiger partial charge is 0.243 e. The van der Waals surface area contributed by atoms with E-state index in [1.54, 1.807) is 24.1 Å². The molecule has 1 aliphatic rings. The van der Waals surface area contributed by atoms with Crippen molar-refractivity contribution in [3.05, 3.63) is 58.1 Å². The fourth-order valence-electron chi connectivity index (χ4n) is 4.53. The van der Waals surface area contributed by atoms with Crippen LogP contribution in [0.3, 0.4) is 0 Å². The second-order valence-corrected chi connectivity index (χ2v) is 10.00. The number of carbonyl (C=O) groups excluding carboxylic acids is 2. The summed E-state index contributed by atoms with van der Waals surface area (Å²) in [5.74, 6) is 1.26. The van der Waals surface area contributed by atoms with E-state index in [1.807, 2.05) is 37.3 Å². The Hall–Kier alpha value is -2.44. The molecular weight excluding hydrogens is 499 g/mol. The minimum Gasteiger partial charge on any atom is -0.497 e. The maximum atomic E-state index is 13.4. The first-order valence-corrected chi connectivity index (χ1v) is 13.5. The molecule has 6 nitrogen and oxygen atoms in total. The van der Waals surface area contributed by atoms with Gasteiger partial charge in [-0.05, 0) is 67.6 Å². The number of halogens is 2. The third kappa shape index (κ3) is 8.31. The van der Waals surface area contributed by atoms with Crippen LogP contribution in [0.5, 0.6) is 11.5 Å². The van der Waals surface area contributed by atoms with Crippen LogP contribution >= 0.6 is 23.2 Å². The van der Waals surface area contributed by atoms with Crippen LogP contribution in [0.1, 0.15) is 63.9 Å². The zero-order valence-electron chi connectivity index (χ0n) is 21.1. The van der Waals surface area contributed by atoms with Crippen molar-refractivity contribution in [2.24, 2.45) is 0 Å². The minimum absolute atomic E-state index is 0.0997. The van der Waals surface area contributed by atoms with Gasteiger partial charge in [-0.1, -0.05) is 55.5 Å². The number of carbonyl (C=O) groups is 2. The van der Waals surface area contributed by atoms with Gasteiger partial charge in [-0.15, -0.1) is 0 Å². The van der Waals surface area contributed by atoms with Crippen molar-refractivity contribution in [1.29, 1.82) is 0 Å². The minimum atomic E-state index is -0.575. The van der Waals surface area contributed by atoms with Crippen LogP contribution in [0.25, 0.3) is 0 Å². The Kier molecular flexibility index (Phi) is 11.2. The van der Waals surface area contributed by atoms with Gasteiger partial charge in [0.2, 0.25) is 11.8 Å². The second-order valence-electron chi connectivity index (χ2n) is 9.15. The van der Waals surface area contributed by atoms with Crippen LogP contribution in [-0.2, 0) is 16.1 Å². The number of benzene rings is 2. The Bertz CT molecular complexity index is 994. The molecule has 1 fully saturated rings. The predicted molar refractivity (Wildman–Crippen MR) is 144 cm³/mol. The SMILES string of the molecule is CC[C@H](C(=O)NC1CCCCC1)N(Cc1ccc(Cl)cc1Cl)C(=O)CCCOc1ccc(OC)cc1. The summed E-state index contributed by atoms with van der Waals surface area (Å²) in [6.07, 6.45) is 6.73. The summed E-state index contributed by atoms with van der Waals surface area (Å²) in [4.78, 5) is 28.4. The van der Waals surface area contributed by atoms with Crippen molar-refractivity contribution in [2.75, 3.05) is 13.7 Å². The van der Waals surface area contributed by atoms with E-state index in [-0.39, 0.29) is 30.8 Å². The van der Waals surface area contributed by atoms with E-state index in [0.717, 1.165) is 37.0 Å². The Balaban J connectivity index is 1.66. The molecule has 0 unspecified atom stereocenters. The Morgan fingerprint density at radius 1 is 1.06 bits per heavy atom. The molecule has 0 spiro atoms. The maximum Gasteiger partial charge on any atom is 0.243 e. The fourth-order valence-corrected chi connectivity index (χ4v) is 4.99. The summed E-state index contributed by atoms with van der Waals surface area (Å²) < 4.78 is 10.9. The monoisotopic (exact) mass is 534 g/mol. The van der Waals surface area contributed by atoms with Crippen LogP contribution in [0, 0.1) is 0 Å². The number of nitrogens with zero attached hydrogens (tertiary/aromatic N) is 1. The number of ether oxygens (including phenoxy) is 2. The molecule has 2 aromatic rings. The number of methoxy groups -OCH3 is 1. The number of rotatable bonds is 12. The Labute approximate surface area is 224 Å². The molecule has 0 aromatic heterocycles. The number of hydrogen-bond donors (Lipinski definition) is 1. The van der Waals surface area contributed by atoms with E-state index in [1.165, 1.54) is 6.42 Å². The lowest BCUT2D eigenvalue weighted by molar-refractivity contribution is -0.142. The lowest BCUT2D eigenvalue weighted by Crippen LogP contribution is -2.51. The molecule has 1 saturated carbocycles. The standard InChI is InChI=1S/C28H36Cl2N2O4/c1-3-26(28(34)31-22-8-5-4-6-9-22)32(19-20-11-12-21(29)18-25(20)30)27(33)10-7-17-36-24-15-13-23(35-2)14-16-24/h11-16,18,22,26H,3-10,17,19H2,1-2H3,(H,31,34)/t26-/m1/s1. The predicted octanol–water partition coefficient (Wildman–Crippen LogP) is 6.42. The van der Waals surface area contributed by atoms with Gasteiger partial charge >= 0.3 is 0 Å². The average molecular weight is 536 g/mol. The van der Waals surface area contributed by atoms with Crippen molar-refractivity contribution < 1.29 is 19.1 Å². The summed E-state index contributed by atoms with van der Waals surface area (Å²) in [7, 11) is 1.61. The van der Waals surface area contributed by atoms with E-state index < -0.39 is 6.04 Å². The topological polar surface area (TPSA) is 67.9 Å². The van der Waals surface area contributed by atoms with Gasteiger partial charge in [0.15, 0.2) is 0 Å². The molecule has 0 aliphatic heterocycles. The van der Waals surface area contributed by atoms with Crippen molar-refractivity contribution in [2.45, 2.75) is 76.9 Å². The lowest BCUT2D eigenvalue weighted by atomic mass is 9.95. The Morgan fingerprint density at radius 3 is 2.39 bits per heavy atom. The first-order chi connectivity index (χ1) is 17.4. The molecule has 8 heteroatoms. The molecule has 0 heterocycles. The largest absolute Gasteiger partial charge is 0.497 e. The first kappa shape index (κ1) is 28.1. The van der Waals surface area contributed by atoms with Gasteiger partial charge in [-0.3, -0.25) is 9.59 Å². The molecule has 1 aliphatic carbocycles. The highest BCUT2D eigenvalue weighted by Crippen LogP contribution is 2.25. The van der Waals surface area contributed by atoms with Gasteiger partial charge in [0.25, 0.3) is 0 Å². The van der Waals surface area contributed by atoms with E-state index >= 15 is 0 Å². The molecule has 2 amide bonds. The van der Waals surface area contributed by atoms with Crippen LogP contribution < -0.4 is 14.8 Å². The normalized spacial score (nSPS) is 14.7. The molecule has 0 saturated heterocycles. The van der Waals surface area contributed by atoms with E-state index in [4.69, 9.17) is 32.7 Å². The highest BCUT2D eigenvalue weighted by atomic mass is 35.5. The van der Waals surface area contributed by atoms with E-state index in [2.05, 4.69) is 5.32 Å². The van der Waals surface area contributed by atoms with E-state index in [9.17, 15) is 9.59 Å². The van der Waals surface area contributed by atoms with Gasteiger partial charge < -0.3 is 19.7 Å². The van der Waals surface area contributed by atoms with Crippen molar-refractivity contribution in [1.82, 2.24) is 10.2 Å². The van der Waals surface area contributed by atoms with Gasteiger partial charge in [-0.25, -0.2) is 0 Å². The molecule has 196 valence electrons. The zero-order chi connectivity index (χ0) is 25.9. The van der Waals surface area contributed by atoms with Gasteiger partial charge in [0.1, 0.15) is 17.5 Å². The summed E-state index contributed by atoms with van der Waals surface area (Å²) in [6.45, 7) is 2.56. The van der Waals surface area contributed by atoms with Crippen molar-refractivity contribution in [3.8, 4) is 11.5 Å². The van der Waals surface area contributed by atoms with Crippen LogP contribution in [0.15, 0.2) is 42.5 Å². The number of amides is 2. The van der Waals surface area contributed by atoms with Gasteiger partial charge in [-0.2, -0.15) is 0 Å². The van der Waals surface area contributed by atoms with Crippen molar-refractivity contribution in [3.63, 3.8) is 0 Å². The highest BCUT2D eigenvalue weighted by Gasteiger charge is 2.30. The number of nitrogens with one attached hydrogen (secondary N) is 1. The Morgan fingerprint density at radius 2 is 1.75 bits per heavy atom. The quantitative estimate of drug-likeness (QED) is 0.319. The molecule has 1 atom stereocenters. The highest BCUT2D eigenvalue weighted by molar-refractivity contribution is 6.35. The second kappa shape index (κ2) is 14.3. The lowest BCUT2D eigenvalue weighted by Gasteiger charge is -2.33. The van der Waals surface area contributed by atoms with Gasteiger partial charge in [0.05, 0.1) is 13.7 Å². The van der Waals surface area contributed by atoms with Gasteiger partial charge in [0, 0.05) is 29.1 Å². The van der Waals surface area contributed by atoms with Crippen LogP contribution in [-0.4, -0.2) is 42.5 Å². The zero-order valence-corrected chi connectivity index (χ0v) is 22.6. The van der Waals surface area contributed by atoms with Crippen LogP contribution in [0.2, 0.25) is 10.0 Å². The molecule has 36 heavy (non-hydrogen) atoms. The molecule has 1 N–H and O–H groups in total. The molecule has 0 bridgehead atoms. The maximum absolute atomic E-state index is 13.4. The van der Waals surface area contributed by atoms with Crippen LogP contribution in [0.4, 0.5) is 0 Å². The molecule has 2 aromatic carbocycles. The summed E-state index contributed by atoms with van der Waals surface area (Å²) >= 11 is 12.5. The third-order valence-corrected chi connectivity index (χ3v) is 7.14. The fraction of sp³-hybridized carbons (Fsp3) is 0.500. The van der Waals surface area contributed by atoms with E-state index in [0.29, 0.717) is 35.2 Å². The summed E-state index contributed by atoms with van der Waals surface area (Å²) in [5.41, 5.74) is 0.757. The third-order valence-electron chi connectivity index (χ3n) is 6.56. The summed E-state index contributed by atoms with van der Waals surface area (Å²) in [6, 6.07) is 12.1. The van der Waals surface area contributed by atoms with Crippen molar-refractivity contribution >= 4 is 35.0 Å². The molecule has 0 radical (unpaired) electrons.